The molecule has 2 heterocycles. The summed E-state index contributed by atoms with van der Waals surface area (Å²) in [6, 6.07) is 15.2. The molecule has 2 aromatic heterocycles. The maximum absolute atomic E-state index is 13.2. The fraction of sp³-hybridized carbons (Fsp3) is 0.0870. The zero-order chi connectivity index (χ0) is 22.7. The average molecular weight is 465 g/mol. The lowest BCUT2D eigenvalue weighted by molar-refractivity contribution is -0.384. The highest BCUT2D eigenvalue weighted by molar-refractivity contribution is 7.23. The zero-order valence-electron chi connectivity index (χ0n) is 16.9. The summed E-state index contributed by atoms with van der Waals surface area (Å²) in [5, 5.41) is 11.9. The number of thiazole rings is 1. The molecule has 9 heteroatoms. The summed E-state index contributed by atoms with van der Waals surface area (Å²) in [4.78, 5) is 34.1. The highest BCUT2D eigenvalue weighted by Crippen LogP contribution is 2.36. The van der Waals surface area contributed by atoms with Crippen LogP contribution < -0.4 is 4.90 Å². The molecule has 0 aliphatic carbocycles. The smallest absolute Gasteiger partial charge is 0.269 e. The Balaban J connectivity index is 1.67. The van der Waals surface area contributed by atoms with Gasteiger partial charge in [0, 0.05) is 24.4 Å². The third-order valence-corrected chi connectivity index (χ3v) is 6.29. The minimum absolute atomic E-state index is 0.00743. The van der Waals surface area contributed by atoms with Crippen LogP contribution in [0.15, 0.2) is 66.9 Å². The number of amides is 1. The molecule has 160 valence electrons. The fourth-order valence-corrected chi connectivity index (χ4v) is 4.39. The molecule has 0 saturated heterocycles. The highest BCUT2D eigenvalue weighted by Gasteiger charge is 2.20. The van der Waals surface area contributed by atoms with Crippen LogP contribution in [0.5, 0.6) is 0 Å². The van der Waals surface area contributed by atoms with E-state index in [-0.39, 0.29) is 18.1 Å². The van der Waals surface area contributed by atoms with E-state index in [0.29, 0.717) is 21.4 Å². The number of benzene rings is 2. The van der Waals surface area contributed by atoms with Crippen molar-refractivity contribution in [3.05, 3.63) is 98.8 Å². The molecular formula is C23H17ClN4O3S. The van der Waals surface area contributed by atoms with Crippen LogP contribution in [-0.2, 0) is 11.3 Å². The van der Waals surface area contributed by atoms with Gasteiger partial charge in [0.15, 0.2) is 5.13 Å². The largest absolute Gasteiger partial charge is 0.278 e. The Labute approximate surface area is 192 Å². The van der Waals surface area contributed by atoms with E-state index in [1.165, 1.54) is 29.5 Å². The molecule has 32 heavy (non-hydrogen) atoms. The van der Waals surface area contributed by atoms with Gasteiger partial charge < -0.3 is 0 Å². The lowest BCUT2D eigenvalue weighted by atomic mass is 10.2. The van der Waals surface area contributed by atoms with Gasteiger partial charge in [-0.15, -0.1) is 0 Å². The molecule has 0 aliphatic rings. The molecule has 0 spiro atoms. The molecule has 4 aromatic rings. The van der Waals surface area contributed by atoms with Crippen molar-refractivity contribution < 1.29 is 9.72 Å². The van der Waals surface area contributed by atoms with Gasteiger partial charge in [-0.05, 0) is 54.5 Å². The van der Waals surface area contributed by atoms with Crippen molar-refractivity contribution in [3.63, 3.8) is 0 Å². The number of nitrogens with zero attached hydrogens (tertiary/aromatic N) is 4. The number of carbonyl (C=O) groups excluding carboxylic acids is 1. The van der Waals surface area contributed by atoms with E-state index in [2.05, 4.69) is 9.97 Å². The molecule has 0 radical (unpaired) electrons. The molecule has 0 aliphatic heterocycles. The van der Waals surface area contributed by atoms with E-state index in [1.807, 2.05) is 37.3 Å². The Morgan fingerprint density at radius 2 is 1.97 bits per heavy atom. The van der Waals surface area contributed by atoms with E-state index in [0.717, 1.165) is 15.8 Å². The van der Waals surface area contributed by atoms with Crippen molar-refractivity contribution in [2.45, 2.75) is 13.5 Å². The number of carbonyl (C=O) groups is 1. The van der Waals surface area contributed by atoms with E-state index in [4.69, 9.17) is 11.6 Å². The molecule has 0 bridgehead atoms. The summed E-state index contributed by atoms with van der Waals surface area (Å²) < 4.78 is 0.819. The normalized spacial score (nSPS) is 11.2. The van der Waals surface area contributed by atoms with Crippen LogP contribution in [0.1, 0.15) is 16.8 Å². The number of pyridine rings is 1. The van der Waals surface area contributed by atoms with Crippen LogP contribution in [0.4, 0.5) is 10.8 Å². The van der Waals surface area contributed by atoms with Gasteiger partial charge in [-0.25, -0.2) is 4.98 Å². The van der Waals surface area contributed by atoms with Gasteiger partial charge >= 0.3 is 0 Å². The van der Waals surface area contributed by atoms with Gasteiger partial charge in [-0.2, -0.15) is 0 Å². The highest BCUT2D eigenvalue weighted by atomic mass is 35.5. The maximum Gasteiger partial charge on any atom is 0.269 e. The Hall–Kier alpha value is -3.62. The fourth-order valence-electron chi connectivity index (χ4n) is 3.06. The Morgan fingerprint density at radius 1 is 1.19 bits per heavy atom. The Morgan fingerprint density at radius 3 is 2.62 bits per heavy atom. The summed E-state index contributed by atoms with van der Waals surface area (Å²) in [5.74, 6) is -0.290. The summed E-state index contributed by atoms with van der Waals surface area (Å²) in [6.45, 7) is 2.18. The first kappa shape index (κ1) is 21.6. The predicted molar refractivity (Wildman–Crippen MR) is 127 cm³/mol. The van der Waals surface area contributed by atoms with Crippen LogP contribution in [0.2, 0.25) is 5.02 Å². The molecule has 0 N–H and O–H groups in total. The monoisotopic (exact) mass is 464 g/mol. The van der Waals surface area contributed by atoms with Crippen molar-refractivity contribution in [2.75, 3.05) is 4.90 Å². The molecule has 0 unspecified atom stereocenters. The van der Waals surface area contributed by atoms with Gasteiger partial charge in [0.2, 0.25) is 0 Å². The molecular weight excluding hydrogens is 448 g/mol. The number of halogens is 1. The first-order valence-corrected chi connectivity index (χ1v) is 10.8. The van der Waals surface area contributed by atoms with Gasteiger partial charge in [-0.3, -0.25) is 24.8 Å². The standard InChI is InChI=1S/C23H17ClN4O3S/c1-15-5-11-19(24)22-21(15)26-23(32-22)27(14-17-4-2-3-13-25-17)20(29)12-8-16-6-9-18(10-7-16)28(30)31/h2-13H,14H2,1H3/b12-8+. The molecule has 1 amide bonds. The predicted octanol–water partition coefficient (Wildman–Crippen LogP) is 5.81. The van der Waals surface area contributed by atoms with Crippen molar-refractivity contribution in [3.8, 4) is 0 Å². The lowest BCUT2D eigenvalue weighted by Crippen LogP contribution is -2.29. The van der Waals surface area contributed by atoms with E-state index < -0.39 is 4.92 Å². The van der Waals surface area contributed by atoms with E-state index >= 15 is 0 Å². The number of aryl methyl sites for hydroxylation is 1. The van der Waals surface area contributed by atoms with Crippen molar-refractivity contribution in [1.82, 2.24) is 9.97 Å². The summed E-state index contributed by atoms with van der Waals surface area (Å²) in [7, 11) is 0. The van der Waals surface area contributed by atoms with E-state index in [1.54, 1.807) is 29.3 Å². The molecule has 0 fully saturated rings. The number of nitro benzene ring substituents is 1. The van der Waals surface area contributed by atoms with Crippen molar-refractivity contribution in [2.24, 2.45) is 0 Å². The maximum atomic E-state index is 13.2. The summed E-state index contributed by atoms with van der Waals surface area (Å²) in [6.07, 6.45) is 4.71. The number of fused-ring (bicyclic) bond motifs is 1. The Bertz CT molecular complexity index is 1280. The number of rotatable bonds is 6. The number of nitro groups is 1. The van der Waals surface area contributed by atoms with E-state index in [9.17, 15) is 14.9 Å². The second-order valence-electron chi connectivity index (χ2n) is 6.97. The Kier molecular flexibility index (Phi) is 6.25. The number of aromatic nitrogens is 2. The number of non-ortho nitro benzene ring substituents is 1. The van der Waals surface area contributed by atoms with Crippen molar-refractivity contribution >= 4 is 56.0 Å². The topological polar surface area (TPSA) is 89.2 Å². The minimum atomic E-state index is -0.465. The second kappa shape index (κ2) is 9.25. The van der Waals surface area contributed by atoms with Gasteiger partial charge in [0.1, 0.15) is 0 Å². The lowest BCUT2D eigenvalue weighted by Gasteiger charge is -2.17. The first-order chi connectivity index (χ1) is 15.4. The quantitative estimate of drug-likeness (QED) is 0.204. The van der Waals surface area contributed by atoms with Crippen LogP contribution >= 0.6 is 22.9 Å². The van der Waals surface area contributed by atoms with Gasteiger partial charge in [0.05, 0.1) is 32.4 Å². The second-order valence-corrected chi connectivity index (χ2v) is 8.35. The van der Waals surface area contributed by atoms with Gasteiger partial charge in [0.25, 0.3) is 11.6 Å². The number of hydrogen-bond donors (Lipinski definition) is 0. The number of anilines is 1. The SMILES string of the molecule is Cc1ccc(Cl)c2sc(N(Cc3ccccn3)C(=O)/C=C/c3ccc([N+](=O)[O-])cc3)nc12. The third-order valence-electron chi connectivity index (χ3n) is 4.75. The zero-order valence-corrected chi connectivity index (χ0v) is 18.5. The van der Waals surface area contributed by atoms with Crippen LogP contribution in [0, 0.1) is 17.0 Å². The number of hydrogen-bond acceptors (Lipinski definition) is 6. The molecule has 7 nitrogen and oxygen atoms in total. The molecule has 2 aromatic carbocycles. The first-order valence-electron chi connectivity index (χ1n) is 9.62. The molecule has 0 atom stereocenters. The van der Waals surface area contributed by atoms with Crippen molar-refractivity contribution in [1.29, 1.82) is 0 Å². The summed E-state index contributed by atoms with van der Waals surface area (Å²) in [5.41, 5.74) is 3.11. The third kappa shape index (κ3) is 4.66. The van der Waals surface area contributed by atoms with Crippen LogP contribution in [0.25, 0.3) is 16.3 Å². The molecule has 0 saturated carbocycles. The van der Waals surface area contributed by atoms with Crippen LogP contribution in [-0.4, -0.2) is 20.8 Å². The molecule has 4 rings (SSSR count). The van der Waals surface area contributed by atoms with Crippen LogP contribution in [0.3, 0.4) is 0 Å². The van der Waals surface area contributed by atoms with Gasteiger partial charge in [-0.1, -0.05) is 35.1 Å². The average Bonchev–Trinajstić information content (AvgIpc) is 3.26. The minimum Gasteiger partial charge on any atom is -0.278 e. The summed E-state index contributed by atoms with van der Waals surface area (Å²) >= 11 is 7.70.